The van der Waals surface area contributed by atoms with Crippen molar-refractivity contribution in [2.75, 3.05) is 19.0 Å². The Morgan fingerprint density at radius 2 is 1.80 bits per heavy atom. The summed E-state index contributed by atoms with van der Waals surface area (Å²) in [5.41, 5.74) is 5.92. The predicted molar refractivity (Wildman–Crippen MR) is 112 cm³/mol. The number of nitrogens with two attached hydrogens (primary N) is 1. The first-order chi connectivity index (χ1) is 14.1. The summed E-state index contributed by atoms with van der Waals surface area (Å²) in [6.45, 7) is -0.0104. The number of carboxylic acid groups (broad SMARTS) is 1. The van der Waals surface area contributed by atoms with E-state index in [0.717, 1.165) is 0 Å². The monoisotopic (exact) mass is 450 g/mol. The van der Waals surface area contributed by atoms with Crippen LogP contribution >= 0.6 is 11.6 Å². The van der Waals surface area contributed by atoms with Crippen molar-refractivity contribution in [3.8, 4) is 11.8 Å². The highest BCUT2D eigenvalue weighted by molar-refractivity contribution is 7.93. The van der Waals surface area contributed by atoms with Gasteiger partial charge in [0, 0.05) is 17.7 Å². The van der Waals surface area contributed by atoms with Gasteiger partial charge in [-0.05, 0) is 36.4 Å². The summed E-state index contributed by atoms with van der Waals surface area (Å²) in [6, 6.07) is 11.3. The number of para-hydroxylation sites is 1. The topological polar surface area (TPSA) is 136 Å². The number of carbonyl (C=O) groups excluding carboxylic acids is 1. The number of hydrogen-bond donors (Lipinski definition) is 3. The Morgan fingerprint density at radius 3 is 2.40 bits per heavy atom. The maximum absolute atomic E-state index is 13.2. The number of sulfone groups is 1. The van der Waals surface area contributed by atoms with Gasteiger partial charge in [-0.2, -0.15) is 0 Å². The number of nitrogens with one attached hydrogen (secondary N) is 1. The van der Waals surface area contributed by atoms with Crippen molar-refractivity contribution < 1.29 is 27.9 Å². The lowest BCUT2D eigenvalue weighted by Gasteiger charge is -2.24. The molecule has 1 unspecified atom stereocenters. The maximum atomic E-state index is 13.2. The van der Waals surface area contributed by atoms with Gasteiger partial charge < -0.3 is 20.9 Å². The van der Waals surface area contributed by atoms with E-state index in [2.05, 4.69) is 17.2 Å². The minimum Gasteiger partial charge on any atom is -0.479 e. The van der Waals surface area contributed by atoms with Gasteiger partial charge >= 0.3 is 5.97 Å². The number of halogens is 1. The number of hydrogen-bond acceptors (Lipinski definition) is 6. The second kappa shape index (κ2) is 9.73. The van der Waals surface area contributed by atoms with E-state index in [4.69, 9.17) is 22.1 Å². The number of methoxy groups -OCH3 is 1. The molecule has 2 aromatic rings. The van der Waals surface area contributed by atoms with Crippen LogP contribution in [0, 0.1) is 11.8 Å². The lowest BCUT2D eigenvalue weighted by molar-refractivity contribution is -0.139. The van der Waals surface area contributed by atoms with Crippen LogP contribution in [0.15, 0.2) is 53.4 Å². The molecule has 2 rings (SSSR count). The number of benzene rings is 2. The van der Waals surface area contributed by atoms with E-state index in [1.165, 1.54) is 55.6 Å². The first kappa shape index (κ1) is 23.4. The third kappa shape index (κ3) is 4.98. The second-order valence-electron chi connectivity index (χ2n) is 6.12. The summed E-state index contributed by atoms with van der Waals surface area (Å²) in [4.78, 5) is 21.1. The molecule has 1 amide bonds. The Balaban J connectivity index is 2.44. The largest absolute Gasteiger partial charge is 0.479 e. The molecule has 0 heterocycles. The highest BCUT2D eigenvalue weighted by Gasteiger charge is 2.49. The van der Waals surface area contributed by atoms with Crippen LogP contribution in [-0.2, 0) is 19.4 Å². The van der Waals surface area contributed by atoms with E-state index in [1.54, 1.807) is 0 Å². The highest BCUT2D eigenvalue weighted by Crippen LogP contribution is 2.31. The van der Waals surface area contributed by atoms with E-state index < -0.39 is 37.9 Å². The molecule has 0 aliphatic carbocycles. The number of aliphatic carboxylic acids is 1. The third-order valence-corrected chi connectivity index (χ3v) is 6.53. The van der Waals surface area contributed by atoms with Crippen LogP contribution in [0.5, 0.6) is 0 Å². The molecule has 2 aromatic carbocycles. The molecular formula is C20H19ClN2O6S. The molecule has 30 heavy (non-hydrogen) atoms. The molecule has 0 spiro atoms. The Morgan fingerprint density at radius 1 is 1.17 bits per heavy atom. The van der Waals surface area contributed by atoms with Crippen molar-refractivity contribution >= 4 is 39.0 Å². The molecule has 1 atom stereocenters. The van der Waals surface area contributed by atoms with E-state index in [1.807, 2.05) is 0 Å². The lowest BCUT2D eigenvalue weighted by atomic mass is 10.2. The molecule has 4 N–H and O–H groups in total. The van der Waals surface area contributed by atoms with Crippen LogP contribution in [0.2, 0.25) is 5.02 Å². The van der Waals surface area contributed by atoms with Crippen molar-refractivity contribution in [1.29, 1.82) is 0 Å². The first-order valence-corrected chi connectivity index (χ1v) is 10.4. The zero-order chi connectivity index (χ0) is 22.4. The number of amides is 1. The molecular weight excluding hydrogens is 432 g/mol. The van der Waals surface area contributed by atoms with Crippen molar-refractivity contribution in [2.45, 2.75) is 16.2 Å². The van der Waals surface area contributed by atoms with Crippen LogP contribution in [0.1, 0.15) is 16.8 Å². The predicted octanol–water partition coefficient (Wildman–Crippen LogP) is 2.15. The standard InChI is InChI=1S/C20H19ClN2O6S/c1-29-13-5-4-12-20(22,19(25)26)30(27,28)17-7-3-2-6-16(17)23-18(24)14-8-10-15(21)11-9-14/h2-3,6-11H,12-13,22H2,1H3,(H,23,24)(H,25,26). The summed E-state index contributed by atoms with van der Waals surface area (Å²) in [5.74, 6) is 2.52. The quantitative estimate of drug-likeness (QED) is 0.550. The normalized spacial score (nSPS) is 12.9. The van der Waals surface area contributed by atoms with Gasteiger partial charge in [0.1, 0.15) is 6.61 Å². The maximum Gasteiger partial charge on any atom is 0.340 e. The van der Waals surface area contributed by atoms with Gasteiger partial charge in [0.15, 0.2) is 0 Å². The number of ether oxygens (including phenoxy) is 1. The van der Waals surface area contributed by atoms with Gasteiger partial charge in [0.25, 0.3) is 5.91 Å². The second-order valence-corrected chi connectivity index (χ2v) is 8.73. The Kier molecular flexibility index (Phi) is 7.59. The number of carbonyl (C=O) groups is 2. The van der Waals surface area contributed by atoms with Crippen LogP contribution in [0.3, 0.4) is 0 Å². The number of anilines is 1. The molecule has 10 heteroatoms. The Hall–Kier alpha value is -2.90. The average Bonchev–Trinajstić information content (AvgIpc) is 2.71. The fourth-order valence-electron chi connectivity index (χ4n) is 2.40. The number of rotatable bonds is 7. The zero-order valence-electron chi connectivity index (χ0n) is 15.9. The molecule has 0 aliphatic rings. The summed E-state index contributed by atoms with van der Waals surface area (Å²) >= 11 is 5.80. The van der Waals surface area contributed by atoms with Crippen LogP contribution in [-0.4, -0.2) is 44.0 Å². The summed E-state index contributed by atoms with van der Waals surface area (Å²) < 4.78 is 31.1. The van der Waals surface area contributed by atoms with Gasteiger partial charge in [-0.25, -0.2) is 13.2 Å². The van der Waals surface area contributed by atoms with E-state index >= 15 is 0 Å². The first-order valence-electron chi connectivity index (χ1n) is 8.51. The van der Waals surface area contributed by atoms with Crippen molar-refractivity contribution in [3.05, 3.63) is 59.1 Å². The third-order valence-electron chi connectivity index (χ3n) is 4.07. The minimum absolute atomic E-state index is 0.0104. The molecule has 0 saturated heterocycles. The van der Waals surface area contributed by atoms with E-state index in [9.17, 15) is 23.1 Å². The summed E-state index contributed by atoms with van der Waals surface area (Å²) in [7, 11) is -3.27. The zero-order valence-corrected chi connectivity index (χ0v) is 17.5. The summed E-state index contributed by atoms with van der Waals surface area (Å²) in [6.07, 6.45) is -0.673. The Bertz CT molecular complexity index is 1110. The fraction of sp³-hybridized carbons (Fsp3) is 0.200. The van der Waals surface area contributed by atoms with Gasteiger partial charge in [-0.1, -0.05) is 35.6 Å². The molecule has 0 saturated carbocycles. The van der Waals surface area contributed by atoms with Crippen molar-refractivity contribution in [1.82, 2.24) is 0 Å². The van der Waals surface area contributed by atoms with Crippen LogP contribution in [0.4, 0.5) is 5.69 Å². The molecule has 8 nitrogen and oxygen atoms in total. The smallest absolute Gasteiger partial charge is 0.340 e. The lowest BCUT2D eigenvalue weighted by Crippen LogP contribution is -2.54. The van der Waals surface area contributed by atoms with Gasteiger partial charge in [-0.15, -0.1) is 0 Å². The van der Waals surface area contributed by atoms with E-state index in [0.29, 0.717) is 5.02 Å². The SMILES string of the molecule is COCC#CCC(N)(C(=O)O)S(=O)(=O)c1ccccc1NC(=O)c1ccc(Cl)cc1. The highest BCUT2D eigenvalue weighted by atomic mass is 35.5. The van der Waals surface area contributed by atoms with Gasteiger partial charge in [0.2, 0.25) is 14.7 Å². The van der Waals surface area contributed by atoms with Crippen molar-refractivity contribution in [2.24, 2.45) is 5.73 Å². The molecule has 0 aliphatic heterocycles. The molecule has 158 valence electrons. The van der Waals surface area contributed by atoms with Crippen LogP contribution in [0.25, 0.3) is 0 Å². The molecule has 0 bridgehead atoms. The minimum atomic E-state index is -4.65. The summed E-state index contributed by atoms with van der Waals surface area (Å²) in [5, 5.41) is 12.5. The van der Waals surface area contributed by atoms with Gasteiger partial charge in [0.05, 0.1) is 17.0 Å². The van der Waals surface area contributed by atoms with Gasteiger partial charge in [-0.3, -0.25) is 4.79 Å². The average molecular weight is 451 g/mol. The van der Waals surface area contributed by atoms with E-state index in [-0.39, 0.29) is 17.9 Å². The van der Waals surface area contributed by atoms with Crippen molar-refractivity contribution in [3.63, 3.8) is 0 Å². The number of carboxylic acids is 1. The Labute approximate surface area is 178 Å². The fourth-order valence-corrected chi connectivity index (χ4v) is 4.08. The molecule has 0 aromatic heterocycles. The molecule has 0 fully saturated rings. The van der Waals surface area contributed by atoms with Crippen LogP contribution < -0.4 is 11.1 Å². The molecule has 0 radical (unpaired) electrons.